The molecule has 0 saturated carbocycles. The van der Waals surface area contributed by atoms with Crippen molar-refractivity contribution in [1.29, 1.82) is 5.41 Å². The van der Waals surface area contributed by atoms with Gasteiger partial charge in [-0.25, -0.2) is 8.42 Å². The summed E-state index contributed by atoms with van der Waals surface area (Å²) in [6.45, 7) is -0.157. The summed E-state index contributed by atoms with van der Waals surface area (Å²) in [6.07, 6.45) is -3.53. The topological polar surface area (TPSA) is 93.2 Å². The molecule has 0 aliphatic carbocycles. The molecule has 0 unspecified atom stereocenters. The Balaban J connectivity index is 2.89. The fraction of sp³-hybridized carbons (Fsp3) is 0.417. The molecule has 118 valence electrons. The van der Waals surface area contributed by atoms with Crippen molar-refractivity contribution in [3.63, 3.8) is 0 Å². The Hall–Kier alpha value is -1.77. The number of nitrogens with two attached hydrogens (primary N) is 1. The third-order valence-electron chi connectivity index (χ3n) is 2.51. The molecule has 0 aliphatic rings. The van der Waals surface area contributed by atoms with Crippen molar-refractivity contribution in [3.8, 4) is 5.75 Å². The molecule has 9 heteroatoms. The summed E-state index contributed by atoms with van der Waals surface area (Å²) in [5, 5.41) is 7.15. The smallest absolute Gasteiger partial charge is 0.419 e. The van der Waals surface area contributed by atoms with E-state index in [4.69, 9.17) is 15.9 Å². The standard InChI is InChI=1S/C12H15F3N2O3S/c1-21(18,19)6-2-5-20-10-4-3-8(11(16)17)7-9(10)12(13,14)15/h3-4,7H,2,5-6H2,1H3,(H3,16,17). The molecule has 0 amide bonds. The second-order valence-electron chi connectivity index (χ2n) is 4.45. The maximum Gasteiger partial charge on any atom is 0.419 e. The molecule has 0 fully saturated rings. The predicted molar refractivity (Wildman–Crippen MR) is 72.3 cm³/mol. The highest BCUT2D eigenvalue weighted by atomic mass is 32.2. The fourth-order valence-corrected chi connectivity index (χ4v) is 2.19. The van der Waals surface area contributed by atoms with Crippen LogP contribution in [-0.4, -0.2) is 32.9 Å². The minimum absolute atomic E-state index is 0.0641. The highest BCUT2D eigenvalue weighted by Gasteiger charge is 2.34. The number of nitrogen functional groups attached to an aromatic ring is 1. The summed E-state index contributed by atoms with van der Waals surface area (Å²) >= 11 is 0. The predicted octanol–water partition coefficient (Wildman–Crippen LogP) is 1.80. The second-order valence-corrected chi connectivity index (χ2v) is 6.71. The molecule has 1 rings (SSSR count). The van der Waals surface area contributed by atoms with Crippen molar-refractivity contribution >= 4 is 15.7 Å². The first-order chi connectivity index (χ1) is 9.50. The van der Waals surface area contributed by atoms with Crippen LogP contribution < -0.4 is 10.5 Å². The summed E-state index contributed by atoms with van der Waals surface area (Å²) in [7, 11) is -3.18. The van der Waals surface area contributed by atoms with Gasteiger partial charge in [-0.3, -0.25) is 5.41 Å². The van der Waals surface area contributed by atoms with Crippen LogP contribution in [0, 0.1) is 5.41 Å². The zero-order valence-electron chi connectivity index (χ0n) is 11.2. The maximum absolute atomic E-state index is 12.9. The number of nitrogens with one attached hydrogen (secondary N) is 1. The fourth-order valence-electron chi connectivity index (χ4n) is 1.55. The van der Waals surface area contributed by atoms with Crippen LogP contribution in [0.25, 0.3) is 0 Å². The Bertz CT molecular complexity index is 627. The molecule has 0 radical (unpaired) electrons. The van der Waals surface area contributed by atoms with Crippen LogP contribution in [0.2, 0.25) is 0 Å². The van der Waals surface area contributed by atoms with Crippen LogP contribution in [0.4, 0.5) is 13.2 Å². The Morgan fingerprint density at radius 1 is 1.38 bits per heavy atom. The van der Waals surface area contributed by atoms with Gasteiger partial charge in [-0.2, -0.15) is 13.2 Å². The molecular weight excluding hydrogens is 309 g/mol. The molecule has 0 aliphatic heterocycles. The molecule has 0 saturated heterocycles. The normalized spacial score (nSPS) is 12.2. The molecule has 0 heterocycles. The summed E-state index contributed by atoms with van der Waals surface area (Å²) in [4.78, 5) is 0. The van der Waals surface area contributed by atoms with Gasteiger partial charge in [0.15, 0.2) is 0 Å². The maximum atomic E-state index is 12.9. The molecule has 0 atom stereocenters. The van der Waals surface area contributed by atoms with E-state index in [9.17, 15) is 21.6 Å². The lowest BCUT2D eigenvalue weighted by Crippen LogP contribution is -2.15. The lowest BCUT2D eigenvalue weighted by molar-refractivity contribution is -0.138. The zero-order valence-corrected chi connectivity index (χ0v) is 12.0. The highest BCUT2D eigenvalue weighted by Crippen LogP contribution is 2.36. The van der Waals surface area contributed by atoms with E-state index >= 15 is 0 Å². The molecule has 21 heavy (non-hydrogen) atoms. The number of hydrogen-bond donors (Lipinski definition) is 2. The van der Waals surface area contributed by atoms with Gasteiger partial charge >= 0.3 is 6.18 Å². The third kappa shape index (κ3) is 5.62. The van der Waals surface area contributed by atoms with Gasteiger partial charge in [-0.05, 0) is 24.6 Å². The zero-order chi connectivity index (χ0) is 16.3. The molecule has 0 spiro atoms. The molecule has 0 aromatic heterocycles. The number of ether oxygens (including phenoxy) is 1. The van der Waals surface area contributed by atoms with Crippen molar-refractivity contribution in [1.82, 2.24) is 0 Å². The van der Waals surface area contributed by atoms with Crippen molar-refractivity contribution in [2.75, 3.05) is 18.6 Å². The van der Waals surface area contributed by atoms with Crippen LogP contribution >= 0.6 is 0 Å². The van der Waals surface area contributed by atoms with Crippen LogP contribution in [0.3, 0.4) is 0 Å². The second kappa shape index (κ2) is 6.33. The van der Waals surface area contributed by atoms with Gasteiger partial charge < -0.3 is 10.5 Å². The van der Waals surface area contributed by atoms with E-state index < -0.39 is 33.2 Å². The van der Waals surface area contributed by atoms with Gasteiger partial charge in [0.1, 0.15) is 21.4 Å². The Labute approximate surface area is 120 Å². The summed E-state index contributed by atoms with van der Waals surface area (Å²) in [5.74, 6) is -1.06. The van der Waals surface area contributed by atoms with Crippen LogP contribution in [-0.2, 0) is 16.0 Å². The van der Waals surface area contributed by atoms with Gasteiger partial charge in [0.2, 0.25) is 0 Å². The van der Waals surface area contributed by atoms with Gasteiger partial charge in [0.25, 0.3) is 0 Å². The Kier molecular flexibility index (Phi) is 5.21. The number of rotatable bonds is 6. The van der Waals surface area contributed by atoms with Gasteiger partial charge in [0, 0.05) is 11.8 Å². The number of amidine groups is 1. The number of alkyl halides is 3. The van der Waals surface area contributed by atoms with Gasteiger partial charge in [-0.15, -0.1) is 0 Å². The number of halogens is 3. The molecule has 3 N–H and O–H groups in total. The van der Waals surface area contributed by atoms with Crippen LogP contribution in [0.15, 0.2) is 18.2 Å². The van der Waals surface area contributed by atoms with Crippen molar-refractivity contribution in [2.45, 2.75) is 12.6 Å². The first kappa shape index (κ1) is 17.3. The SMILES string of the molecule is CS(=O)(=O)CCCOc1ccc(C(=N)N)cc1C(F)(F)F. The molecular formula is C12H15F3N2O3S. The first-order valence-electron chi connectivity index (χ1n) is 5.87. The third-order valence-corrected chi connectivity index (χ3v) is 3.54. The van der Waals surface area contributed by atoms with Crippen molar-refractivity contribution < 1.29 is 26.3 Å². The molecule has 0 bridgehead atoms. The quantitative estimate of drug-likeness (QED) is 0.474. The minimum atomic E-state index is -4.66. The van der Waals surface area contributed by atoms with Crippen molar-refractivity contribution in [3.05, 3.63) is 29.3 Å². The number of benzene rings is 1. The van der Waals surface area contributed by atoms with Crippen LogP contribution in [0.5, 0.6) is 5.75 Å². The van der Waals surface area contributed by atoms with E-state index in [0.29, 0.717) is 0 Å². The molecule has 1 aromatic rings. The van der Waals surface area contributed by atoms with E-state index in [2.05, 4.69) is 0 Å². The summed E-state index contributed by atoms with van der Waals surface area (Å²) < 4.78 is 65.5. The average Bonchev–Trinajstić information content (AvgIpc) is 2.32. The van der Waals surface area contributed by atoms with Gasteiger partial charge in [0.05, 0.1) is 17.9 Å². The summed E-state index contributed by atoms with van der Waals surface area (Å²) in [6, 6.07) is 3.04. The lowest BCUT2D eigenvalue weighted by atomic mass is 10.1. The Morgan fingerprint density at radius 2 is 2.00 bits per heavy atom. The number of hydrogen-bond acceptors (Lipinski definition) is 4. The van der Waals surface area contributed by atoms with Crippen molar-refractivity contribution in [2.24, 2.45) is 5.73 Å². The monoisotopic (exact) mass is 324 g/mol. The van der Waals surface area contributed by atoms with E-state index in [1.165, 1.54) is 6.07 Å². The first-order valence-corrected chi connectivity index (χ1v) is 7.93. The molecule has 5 nitrogen and oxygen atoms in total. The van der Waals surface area contributed by atoms with E-state index in [1.54, 1.807) is 0 Å². The van der Waals surface area contributed by atoms with E-state index in [-0.39, 0.29) is 24.3 Å². The lowest BCUT2D eigenvalue weighted by Gasteiger charge is -2.15. The Morgan fingerprint density at radius 3 is 2.48 bits per heavy atom. The van der Waals surface area contributed by atoms with E-state index in [0.717, 1.165) is 18.4 Å². The van der Waals surface area contributed by atoms with E-state index in [1.807, 2.05) is 0 Å². The average molecular weight is 324 g/mol. The highest BCUT2D eigenvalue weighted by molar-refractivity contribution is 7.90. The largest absolute Gasteiger partial charge is 0.493 e. The molecule has 1 aromatic carbocycles. The van der Waals surface area contributed by atoms with Crippen LogP contribution in [0.1, 0.15) is 17.5 Å². The minimum Gasteiger partial charge on any atom is -0.493 e. The van der Waals surface area contributed by atoms with Gasteiger partial charge in [-0.1, -0.05) is 0 Å². The summed E-state index contributed by atoms with van der Waals surface area (Å²) in [5.41, 5.74) is 4.04. The number of sulfone groups is 1.